The second kappa shape index (κ2) is 6.52. The van der Waals surface area contributed by atoms with Gasteiger partial charge in [0.2, 0.25) is 0 Å². The molecule has 1 unspecified atom stereocenters. The summed E-state index contributed by atoms with van der Waals surface area (Å²) in [6, 6.07) is 8.38. The molecule has 1 atom stereocenters. The third-order valence-corrected chi connectivity index (χ3v) is 4.44. The number of morpholine rings is 1. The van der Waals surface area contributed by atoms with E-state index in [1.165, 1.54) is 10.2 Å². The van der Waals surface area contributed by atoms with Crippen LogP contribution in [0.3, 0.4) is 0 Å². The van der Waals surface area contributed by atoms with Gasteiger partial charge in [-0.15, -0.1) is 0 Å². The molecular weight excluding hydrogens is 294 g/mol. The lowest BCUT2D eigenvalue weighted by molar-refractivity contribution is 0.0198. The normalized spacial score (nSPS) is 17.1. The van der Waals surface area contributed by atoms with Crippen molar-refractivity contribution in [3.05, 3.63) is 41.7 Å². The Morgan fingerprint density at radius 2 is 1.91 bits per heavy atom. The number of aromatic nitrogens is 2. The first-order valence-electron chi connectivity index (χ1n) is 7.75. The van der Waals surface area contributed by atoms with Crippen molar-refractivity contribution < 1.29 is 14.6 Å². The average molecular weight is 315 g/mol. The van der Waals surface area contributed by atoms with Gasteiger partial charge in [0.05, 0.1) is 19.4 Å². The van der Waals surface area contributed by atoms with Gasteiger partial charge in [-0.1, -0.05) is 24.3 Å². The summed E-state index contributed by atoms with van der Waals surface area (Å²) >= 11 is 0. The average Bonchev–Trinajstić information content (AvgIpc) is 2.97. The lowest BCUT2D eigenvalue weighted by Crippen LogP contribution is -2.37. The van der Waals surface area contributed by atoms with Gasteiger partial charge in [-0.2, -0.15) is 5.10 Å². The van der Waals surface area contributed by atoms with Crippen LogP contribution in [-0.4, -0.2) is 52.1 Å². The second-order valence-electron chi connectivity index (χ2n) is 5.78. The van der Waals surface area contributed by atoms with E-state index in [0.29, 0.717) is 11.6 Å². The molecule has 0 radical (unpaired) electrons. The number of carboxylic acids is 1. The fourth-order valence-electron chi connectivity index (χ4n) is 3.02. The third-order valence-electron chi connectivity index (χ3n) is 4.44. The summed E-state index contributed by atoms with van der Waals surface area (Å²) < 4.78 is 6.78. The van der Waals surface area contributed by atoms with Crippen molar-refractivity contribution in [1.82, 2.24) is 14.7 Å². The van der Waals surface area contributed by atoms with Crippen molar-refractivity contribution in [2.24, 2.45) is 7.05 Å². The van der Waals surface area contributed by atoms with Gasteiger partial charge in [-0.05, 0) is 18.1 Å². The summed E-state index contributed by atoms with van der Waals surface area (Å²) in [6.07, 6.45) is 1.60. The predicted molar refractivity (Wildman–Crippen MR) is 86.4 cm³/mol. The Bertz CT molecular complexity index is 688. The van der Waals surface area contributed by atoms with Gasteiger partial charge in [-0.3, -0.25) is 9.58 Å². The molecular formula is C17H21N3O3. The van der Waals surface area contributed by atoms with E-state index in [2.05, 4.69) is 29.1 Å². The van der Waals surface area contributed by atoms with E-state index in [4.69, 9.17) is 4.74 Å². The molecule has 0 bridgehead atoms. The zero-order chi connectivity index (χ0) is 16.4. The summed E-state index contributed by atoms with van der Waals surface area (Å²) in [6.45, 7) is 5.62. The number of benzene rings is 1. The summed E-state index contributed by atoms with van der Waals surface area (Å²) in [7, 11) is 1.64. The third kappa shape index (κ3) is 3.13. The number of ether oxygens (including phenoxy) is 1. The smallest absolute Gasteiger partial charge is 0.354 e. The molecule has 1 saturated heterocycles. The summed E-state index contributed by atoms with van der Waals surface area (Å²) in [5.74, 6) is -0.967. The van der Waals surface area contributed by atoms with Crippen molar-refractivity contribution in [2.45, 2.75) is 13.0 Å². The minimum atomic E-state index is -0.967. The van der Waals surface area contributed by atoms with Crippen molar-refractivity contribution in [3.8, 4) is 11.1 Å². The van der Waals surface area contributed by atoms with Gasteiger partial charge in [-0.25, -0.2) is 4.79 Å². The predicted octanol–water partition coefficient (Wildman–Crippen LogP) is 2.18. The fraction of sp³-hybridized carbons (Fsp3) is 0.412. The molecule has 1 fully saturated rings. The molecule has 1 N–H and O–H groups in total. The molecule has 0 spiro atoms. The maximum Gasteiger partial charge on any atom is 0.354 e. The number of carbonyl (C=O) groups is 1. The topological polar surface area (TPSA) is 67.6 Å². The van der Waals surface area contributed by atoms with E-state index < -0.39 is 5.97 Å². The van der Waals surface area contributed by atoms with E-state index in [9.17, 15) is 9.90 Å². The maximum atomic E-state index is 11.4. The molecule has 1 aromatic heterocycles. The Kier molecular flexibility index (Phi) is 4.45. The molecule has 1 aromatic carbocycles. The molecule has 2 heterocycles. The molecule has 2 aromatic rings. The molecule has 1 aliphatic heterocycles. The first-order valence-corrected chi connectivity index (χ1v) is 7.75. The maximum absolute atomic E-state index is 11.4. The molecule has 6 heteroatoms. The zero-order valence-corrected chi connectivity index (χ0v) is 13.4. The Labute approximate surface area is 135 Å². The van der Waals surface area contributed by atoms with E-state index in [-0.39, 0.29) is 5.69 Å². The standard InChI is InChI=1S/C17H21N3O3/c1-12(20-7-9-23-10-8-20)13-3-5-14(6-4-13)15-11-18-19(2)16(15)17(21)22/h3-6,11-12H,7-10H2,1-2H3,(H,21,22). The van der Waals surface area contributed by atoms with Gasteiger partial charge in [0.25, 0.3) is 0 Å². The Morgan fingerprint density at radius 3 is 2.52 bits per heavy atom. The summed E-state index contributed by atoms with van der Waals surface area (Å²) in [5.41, 5.74) is 2.94. The first-order chi connectivity index (χ1) is 11.1. The number of carboxylic acid groups (broad SMARTS) is 1. The quantitative estimate of drug-likeness (QED) is 0.936. The molecule has 1 aliphatic rings. The van der Waals surface area contributed by atoms with E-state index in [0.717, 1.165) is 31.9 Å². The van der Waals surface area contributed by atoms with Crippen LogP contribution in [0.4, 0.5) is 0 Å². The van der Waals surface area contributed by atoms with Crippen molar-refractivity contribution in [2.75, 3.05) is 26.3 Å². The molecule has 0 amide bonds. The number of nitrogens with zero attached hydrogens (tertiary/aromatic N) is 3. The first kappa shape index (κ1) is 15.7. The second-order valence-corrected chi connectivity index (χ2v) is 5.78. The SMILES string of the molecule is CC(c1ccc(-c2cnn(C)c2C(=O)O)cc1)N1CCOCC1. The summed E-state index contributed by atoms with van der Waals surface area (Å²) in [5, 5.41) is 13.4. The highest BCUT2D eigenvalue weighted by Gasteiger charge is 2.20. The highest BCUT2D eigenvalue weighted by atomic mass is 16.5. The molecule has 0 aliphatic carbocycles. The lowest BCUT2D eigenvalue weighted by atomic mass is 10.0. The van der Waals surface area contributed by atoms with Crippen LogP contribution in [0, 0.1) is 0 Å². The van der Waals surface area contributed by atoms with Crippen LogP contribution in [0.2, 0.25) is 0 Å². The van der Waals surface area contributed by atoms with Crippen molar-refractivity contribution in [1.29, 1.82) is 0 Å². The Morgan fingerprint density at radius 1 is 1.26 bits per heavy atom. The van der Waals surface area contributed by atoms with Crippen LogP contribution in [0.1, 0.15) is 29.0 Å². The van der Waals surface area contributed by atoms with E-state index in [1.54, 1.807) is 13.2 Å². The highest BCUT2D eigenvalue weighted by molar-refractivity contribution is 5.94. The van der Waals surface area contributed by atoms with Crippen LogP contribution in [0.25, 0.3) is 11.1 Å². The fourth-order valence-corrected chi connectivity index (χ4v) is 3.02. The largest absolute Gasteiger partial charge is 0.477 e. The molecule has 23 heavy (non-hydrogen) atoms. The van der Waals surface area contributed by atoms with Gasteiger partial charge >= 0.3 is 5.97 Å². The number of rotatable bonds is 4. The number of hydrogen-bond donors (Lipinski definition) is 1. The monoisotopic (exact) mass is 315 g/mol. The van der Waals surface area contributed by atoms with Crippen LogP contribution < -0.4 is 0 Å². The molecule has 0 saturated carbocycles. The van der Waals surface area contributed by atoms with Gasteiger partial charge in [0, 0.05) is 31.7 Å². The van der Waals surface area contributed by atoms with Crippen molar-refractivity contribution >= 4 is 5.97 Å². The number of hydrogen-bond acceptors (Lipinski definition) is 4. The van der Waals surface area contributed by atoms with Gasteiger partial charge < -0.3 is 9.84 Å². The van der Waals surface area contributed by atoms with Crippen molar-refractivity contribution in [3.63, 3.8) is 0 Å². The zero-order valence-electron chi connectivity index (χ0n) is 13.4. The minimum Gasteiger partial charge on any atom is -0.477 e. The Hall–Kier alpha value is -2.18. The Balaban J connectivity index is 1.83. The summed E-state index contributed by atoms with van der Waals surface area (Å²) in [4.78, 5) is 13.8. The molecule has 3 rings (SSSR count). The van der Waals surface area contributed by atoms with Gasteiger partial charge in [0.15, 0.2) is 5.69 Å². The van der Waals surface area contributed by atoms with E-state index in [1.807, 2.05) is 12.1 Å². The van der Waals surface area contributed by atoms with E-state index >= 15 is 0 Å². The molecule has 122 valence electrons. The van der Waals surface area contributed by atoms with Gasteiger partial charge in [0.1, 0.15) is 0 Å². The van der Waals surface area contributed by atoms with Crippen LogP contribution in [0.5, 0.6) is 0 Å². The lowest BCUT2D eigenvalue weighted by Gasteiger charge is -2.32. The number of aryl methyl sites for hydroxylation is 1. The van der Waals surface area contributed by atoms with Crippen LogP contribution >= 0.6 is 0 Å². The highest BCUT2D eigenvalue weighted by Crippen LogP contribution is 2.27. The molecule has 6 nitrogen and oxygen atoms in total. The minimum absolute atomic E-state index is 0.207. The number of aromatic carboxylic acids is 1. The van der Waals surface area contributed by atoms with Crippen LogP contribution in [-0.2, 0) is 11.8 Å². The van der Waals surface area contributed by atoms with Crippen LogP contribution in [0.15, 0.2) is 30.5 Å².